The number of aliphatic hydroxyl groups is 1. The van der Waals surface area contributed by atoms with Crippen LogP contribution < -0.4 is 10.2 Å². The summed E-state index contributed by atoms with van der Waals surface area (Å²) < 4.78 is 1.74. The fourth-order valence-electron chi connectivity index (χ4n) is 2.98. The van der Waals surface area contributed by atoms with Gasteiger partial charge in [-0.3, -0.25) is 4.79 Å². The third kappa shape index (κ3) is 3.26. The van der Waals surface area contributed by atoms with E-state index >= 15 is 0 Å². The van der Waals surface area contributed by atoms with E-state index in [-0.39, 0.29) is 12.0 Å². The standard InChI is InChI=1S/C18H20N4O2/c1-21-8-2-3-17(21)18(24)20-14-4-5-16(13(11-14)12-19)22-9-6-15(23)7-10-22/h2-5,8,11,15,23H,6-7,9-10H2,1H3,(H,20,24). The summed E-state index contributed by atoms with van der Waals surface area (Å²) in [7, 11) is 1.81. The van der Waals surface area contributed by atoms with Crippen LogP contribution in [0, 0.1) is 11.3 Å². The van der Waals surface area contributed by atoms with Crippen molar-refractivity contribution in [3.05, 3.63) is 47.8 Å². The number of rotatable bonds is 3. The first-order valence-corrected chi connectivity index (χ1v) is 7.98. The number of amides is 1. The number of hydrogen-bond donors (Lipinski definition) is 2. The van der Waals surface area contributed by atoms with E-state index in [0.717, 1.165) is 18.8 Å². The van der Waals surface area contributed by atoms with Crippen LogP contribution >= 0.6 is 0 Å². The number of aliphatic hydroxyl groups excluding tert-OH is 1. The van der Waals surface area contributed by atoms with E-state index in [1.165, 1.54) is 0 Å². The number of aromatic nitrogens is 1. The predicted octanol–water partition coefficient (Wildman–Crippen LogP) is 2.11. The largest absolute Gasteiger partial charge is 0.393 e. The van der Waals surface area contributed by atoms with E-state index in [1.807, 2.05) is 31.4 Å². The van der Waals surface area contributed by atoms with Gasteiger partial charge in [0.25, 0.3) is 5.91 Å². The molecule has 2 heterocycles. The van der Waals surface area contributed by atoms with Crippen LogP contribution in [-0.4, -0.2) is 34.8 Å². The zero-order valence-corrected chi connectivity index (χ0v) is 13.6. The van der Waals surface area contributed by atoms with Gasteiger partial charge in [0.15, 0.2) is 0 Å². The van der Waals surface area contributed by atoms with Crippen molar-refractivity contribution in [2.24, 2.45) is 7.05 Å². The Hall–Kier alpha value is -2.78. The fraction of sp³-hybridized carbons (Fsp3) is 0.333. The van der Waals surface area contributed by atoms with Gasteiger partial charge in [-0.1, -0.05) is 0 Å². The second kappa shape index (κ2) is 6.77. The van der Waals surface area contributed by atoms with Crippen molar-refractivity contribution in [2.45, 2.75) is 18.9 Å². The lowest BCUT2D eigenvalue weighted by atomic mass is 10.0. The molecule has 1 aromatic carbocycles. The van der Waals surface area contributed by atoms with Gasteiger partial charge in [-0.15, -0.1) is 0 Å². The Balaban J connectivity index is 1.78. The van der Waals surface area contributed by atoms with Gasteiger partial charge < -0.3 is 19.9 Å². The average Bonchev–Trinajstić information content (AvgIpc) is 3.02. The maximum absolute atomic E-state index is 12.3. The van der Waals surface area contributed by atoms with Gasteiger partial charge in [-0.2, -0.15) is 5.26 Å². The van der Waals surface area contributed by atoms with Gasteiger partial charge in [-0.25, -0.2) is 0 Å². The quantitative estimate of drug-likeness (QED) is 0.906. The summed E-state index contributed by atoms with van der Waals surface area (Å²) in [4.78, 5) is 14.4. The molecule has 0 bridgehead atoms. The number of aryl methyl sites for hydroxylation is 1. The van der Waals surface area contributed by atoms with Crippen molar-refractivity contribution in [2.75, 3.05) is 23.3 Å². The van der Waals surface area contributed by atoms with Crippen LogP contribution in [0.2, 0.25) is 0 Å². The summed E-state index contributed by atoms with van der Waals surface area (Å²) in [5.41, 5.74) is 2.53. The molecule has 6 heteroatoms. The molecule has 1 aromatic heterocycles. The third-order valence-corrected chi connectivity index (χ3v) is 4.36. The lowest BCUT2D eigenvalue weighted by Gasteiger charge is -2.32. The van der Waals surface area contributed by atoms with E-state index in [4.69, 9.17) is 0 Å². The summed E-state index contributed by atoms with van der Waals surface area (Å²) in [5.74, 6) is -0.208. The van der Waals surface area contributed by atoms with Gasteiger partial charge >= 0.3 is 0 Å². The lowest BCUT2D eigenvalue weighted by Crippen LogP contribution is -2.36. The first kappa shape index (κ1) is 16.1. The maximum Gasteiger partial charge on any atom is 0.272 e. The van der Waals surface area contributed by atoms with Crippen LogP contribution in [0.15, 0.2) is 36.5 Å². The smallest absolute Gasteiger partial charge is 0.272 e. The monoisotopic (exact) mass is 324 g/mol. The Bertz CT molecular complexity index is 783. The van der Waals surface area contributed by atoms with E-state index in [9.17, 15) is 15.2 Å². The number of carbonyl (C=O) groups excluding carboxylic acids is 1. The number of benzene rings is 1. The summed E-state index contributed by atoms with van der Waals surface area (Å²) >= 11 is 0. The minimum atomic E-state index is -0.254. The molecule has 0 spiro atoms. The Morgan fingerprint density at radius 1 is 1.33 bits per heavy atom. The number of nitrogens with zero attached hydrogens (tertiary/aromatic N) is 3. The van der Waals surface area contributed by atoms with E-state index in [0.29, 0.717) is 29.8 Å². The second-order valence-corrected chi connectivity index (χ2v) is 6.02. The number of carbonyl (C=O) groups is 1. The minimum absolute atomic E-state index is 0.208. The molecule has 1 amide bonds. The zero-order valence-electron chi connectivity index (χ0n) is 13.6. The molecule has 1 saturated heterocycles. The number of hydrogen-bond acceptors (Lipinski definition) is 4. The summed E-state index contributed by atoms with van der Waals surface area (Å²) in [5, 5.41) is 21.9. The van der Waals surface area contributed by atoms with Crippen LogP contribution in [0.1, 0.15) is 28.9 Å². The normalized spacial score (nSPS) is 15.1. The Labute approximate surface area is 140 Å². The van der Waals surface area contributed by atoms with Crippen molar-refractivity contribution in [1.29, 1.82) is 5.26 Å². The van der Waals surface area contributed by atoms with Crippen LogP contribution in [-0.2, 0) is 7.05 Å². The molecular formula is C18H20N4O2. The molecular weight excluding hydrogens is 304 g/mol. The van der Waals surface area contributed by atoms with Gasteiger partial charge in [-0.05, 0) is 43.2 Å². The SMILES string of the molecule is Cn1cccc1C(=O)Nc1ccc(N2CCC(O)CC2)c(C#N)c1. The Morgan fingerprint density at radius 2 is 2.08 bits per heavy atom. The second-order valence-electron chi connectivity index (χ2n) is 6.02. The van der Waals surface area contributed by atoms with Gasteiger partial charge in [0, 0.05) is 32.0 Å². The molecule has 1 aliphatic heterocycles. The zero-order chi connectivity index (χ0) is 17.1. The molecule has 0 unspecified atom stereocenters. The van der Waals surface area contributed by atoms with Gasteiger partial charge in [0.05, 0.1) is 17.4 Å². The Kier molecular flexibility index (Phi) is 4.54. The van der Waals surface area contributed by atoms with Crippen molar-refractivity contribution in [3.8, 4) is 6.07 Å². The first-order valence-electron chi connectivity index (χ1n) is 7.98. The summed E-state index contributed by atoms with van der Waals surface area (Å²) in [6, 6.07) is 11.1. The van der Waals surface area contributed by atoms with Crippen molar-refractivity contribution >= 4 is 17.3 Å². The number of piperidine rings is 1. The molecule has 2 aromatic rings. The molecule has 1 aliphatic rings. The molecule has 6 nitrogen and oxygen atoms in total. The minimum Gasteiger partial charge on any atom is -0.393 e. The number of nitrogens with one attached hydrogen (secondary N) is 1. The van der Waals surface area contributed by atoms with Gasteiger partial charge in [0.2, 0.25) is 0 Å². The van der Waals surface area contributed by atoms with Crippen molar-refractivity contribution in [3.63, 3.8) is 0 Å². The predicted molar refractivity (Wildman–Crippen MR) is 92.0 cm³/mol. The number of anilines is 2. The fourth-order valence-corrected chi connectivity index (χ4v) is 2.98. The highest BCUT2D eigenvalue weighted by atomic mass is 16.3. The highest BCUT2D eigenvalue weighted by Gasteiger charge is 2.20. The molecule has 0 radical (unpaired) electrons. The van der Waals surface area contributed by atoms with E-state index in [1.54, 1.807) is 16.7 Å². The third-order valence-electron chi connectivity index (χ3n) is 4.36. The first-order chi connectivity index (χ1) is 11.6. The molecule has 0 saturated carbocycles. The van der Waals surface area contributed by atoms with Crippen LogP contribution in [0.3, 0.4) is 0 Å². The summed E-state index contributed by atoms with van der Waals surface area (Å²) in [6.07, 6.45) is 2.97. The Morgan fingerprint density at radius 3 is 2.71 bits per heavy atom. The highest BCUT2D eigenvalue weighted by Crippen LogP contribution is 2.27. The lowest BCUT2D eigenvalue weighted by molar-refractivity contribution is 0.101. The van der Waals surface area contributed by atoms with Crippen LogP contribution in [0.5, 0.6) is 0 Å². The van der Waals surface area contributed by atoms with E-state index in [2.05, 4.69) is 16.3 Å². The molecule has 3 rings (SSSR count). The molecule has 0 atom stereocenters. The molecule has 0 aliphatic carbocycles. The summed E-state index contributed by atoms with van der Waals surface area (Å²) in [6.45, 7) is 1.45. The topological polar surface area (TPSA) is 81.3 Å². The van der Waals surface area contributed by atoms with Crippen molar-refractivity contribution < 1.29 is 9.90 Å². The van der Waals surface area contributed by atoms with E-state index < -0.39 is 0 Å². The molecule has 2 N–H and O–H groups in total. The number of nitriles is 1. The maximum atomic E-state index is 12.3. The highest BCUT2D eigenvalue weighted by molar-refractivity contribution is 6.03. The average molecular weight is 324 g/mol. The van der Waals surface area contributed by atoms with Crippen LogP contribution in [0.4, 0.5) is 11.4 Å². The van der Waals surface area contributed by atoms with Crippen molar-refractivity contribution in [1.82, 2.24) is 4.57 Å². The molecule has 124 valence electrons. The van der Waals surface area contributed by atoms with Gasteiger partial charge in [0.1, 0.15) is 11.8 Å². The van der Waals surface area contributed by atoms with Crippen LogP contribution in [0.25, 0.3) is 0 Å². The molecule has 24 heavy (non-hydrogen) atoms. The molecule has 1 fully saturated rings.